The van der Waals surface area contributed by atoms with E-state index >= 15 is 0 Å². The average molecular weight is 268 g/mol. The highest BCUT2D eigenvalue weighted by atomic mass is 35.5. The molecule has 1 N–H and O–H groups in total. The van der Waals surface area contributed by atoms with Crippen LogP contribution < -0.4 is 5.32 Å². The summed E-state index contributed by atoms with van der Waals surface area (Å²) in [6, 6.07) is 4.56. The van der Waals surface area contributed by atoms with Crippen LogP contribution in [0, 0.1) is 5.82 Å². The van der Waals surface area contributed by atoms with Gasteiger partial charge in [0.15, 0.2) is 0 Å². The number of likely N-dealkylation sites (N-methyl/N-ethyl adjacent to an activating group) is 1. The van der Waals surface area contributed by atoms with Gasteiger partial charge in [0.2, 0.25) is 0 Å². The van der Waals surface area contributed by atoms with Crippen molar-refractivity contribution in [1.29, 1.82) is 0 Å². The average Bonchev–Trinajstić information content (AvgIpc) is 2.77. The van der Waals surface area contributed by atoms with Crippen LogP contribution in [-0.2, 0) is 13.5 Å². The molecule has 0 aliphatic rings. The van der Waals surface area contributed by atoms with Crippen molar-refractivity contribution in [3.63, 3.8) is 0 Å². The minimum Gasteiger partial charge on any atom is -0.337 e. The molecule has 0 aliphatic carbocycles. The second-order valence-corrected chi connectivity index (χ2v) is 4.61. The normalized spacial score (nSPS) is 12.7. The van der Waals surface area contributed by atoms with Crippen LogP contribution in [0.25, 0.3) is 0 Å². The Bertz CT molecular complexity index is 539. The smallest absolute Gasteiger partial charge is 0.126 e. The Morgan fingerprint density at radius 2 is 2.28 bits per heavy atom. The summed E-state index contributed by atoms with van der Waals surface area (Å²) in [4.78, 5) is 4.28. The lowest BCUT2D eigenvalue weighted by Crippen LogP contribution is -2.22. The second-order valence-electron chi connectivity index (χ2n) is 4.18. The molecule has 0 bridgehead atoms. The number of hydrogen-bond donors (Lipinski definition) is 1. The summed E-state index contributed by atoms with van der Waals surface area (Å²) >= 11 is 5.89. The van der Waals surface area contributed by atoms with E-state index in [-0.39, 0.29) is 11.9 Å². The van der Waals surface area contributed by atoms with Crippen LogP contribution in [-0.4, -0.2) is 16.6 Å². The second kappa shape index (κ2) is 5.50. The summed E-state index contributed by atoms with van der Waals surface area (Å²) in [5.41, 5.74) is 0.588. The lowest BCUT2D eigenvalue weighted by molar-refractivity contribution is 0.519. The summed E-state index contributed by atoms with van der Waals surface area (Å²) in [6.45, 7) is 0. The maximum absolute atomic E-state index is 13.7. The standard InChI is InChI=1S/C13H15ClFN3/c1-16-12(13-17-5-6-18(13)2)8-9-7-10(14)3-4-11(9)15/h3-7,12,16H,8H2,1-2H3. The largest absolute Gasteiger partial charge is 0.337 e. The van der Waals surface area contributed by atoms with E-state index in [1.54, 1.807) is 18.3 Å². The molecule has 0 radical (unpaired) electrons. The van der Waals surface area contributed by atoms with E-state index in [1.807, 2.05) is 24.9 Å². The van der Waals surface area contributed by atoms with Crippen molar-refractivity contribution >= 4 is 11.6 Å². The number of rotatable bonds is 4. The molecule has 0 aliphatic heterocycles. The lowest BCUT2D eigenvalue weighted by Gasteiger charge is -2.16. The Hall–Kier alpha value is -1.39. The van der Waals surface area contributed by atoms with Gasteiger partial charge in [-0.05, 0) is 37.2 Å². The van der Waals surface area contributed by atoms with Crippen LogP contribution in [0.3, 0.4) is 0 Å². The van der Waals surface area contributed by atoms with Crippen LogP contribution >= 0.6 is 11.6 Å². The predicted molar refractivity (Wildman–Crippen MR) is 70.1 cm³/mol. The first kappa shape index (κ1) is 13.1. The number of benzene rings is 1. The van der Waals surface area contributed by atoms with Gasteiger partial charge in [-0.3, -0.25) is 0 Å². The van der Waals surface area contributed by atoms with Gasteiger partial charge in [-0.15, -0.1) is 0 Å². The van der Waals surface area contributed by atoms with Crippen LogP contribution in [0.2, 0.25) is 5.02 Å². The number of nitrogens with zero attached hydrogens (tertiary/aromatic N) is 2. The van der Waals surface area contributed by atoms with E-state index < -0.39 is 0 Å². The third-order valence-corrected chi connectivity index (χ3v) is 3.19. The maximum Gasteiger partial charge on any atom is 0.126 e. The highest BCUT2D eigenvalue weighted by Gasteiger charge is 2.16. The maximum atomic E-state index is 13.7. The van der Waals surface area contributed by atoms with Crippen LogP contribution in [0.4, 0.5) is 4.39 Å². The molecule has 1 heterocycles. The van der Waals surface area contributed by atoms with E-state index in [4.69, 9.17) is 11.6 Å². The molecule has 0 amide bonds. The minimum atomic E-state index is -0.242. The summed E-state index contributed by atoms with van der Waals surface area (Å²) in [6.07, 6.45) is 4.11. The van der Waals surface area contributed by atoms with Gasteiger partial charge in [-0.2, -0.15) is 0 Å². The molecule has 0 spiro atoms. The molecule has 96 valence electrons. The van der Waals surface area contributed by atoms with Gasteiger partial charge in [0, 0.05) is 24.5 Å². The molecule has 1 unspecified atom stereocenters. The zero-order valence-corrected chi connectivity index (χ0v) is 11.1. The lowest BCUT2D eigenvalue weighted by atomic mass is 10.0. The van der Waals surface area contributed by atoms with Crippen molar-refractivity contribution in [3.05, 3.63) is 52.8 Å². The van der Waals surface area contributed by atoms with Crippen molar-refractivity contribution in [2.45, 2.75) is 12.5 Å². The van der Waals surface area contributed by atoms with E-state index in [0.717, 1.165) is 5.82 Å². The fourth-order valence-corrected chi connectivity index (χ4v) is 2.15. The van der Waals surface area contributed by atoms with E-state index in [1.165, 1.54) is 6.07 Å². The molecule has 0 fully saturated rings. The first-order valence-corrected chi connectivity index (χ1v) is 6.08. The zero-order valence-electron chi connectivity index (χ0n) is 10.3. The monoisotopic (exact) mass is 267 g/mol. The number of aryl methyl sites for hydroxylation is 1. The number of halogens is 2. The zero-order chi connectivity index (χ0) is 13.1. The Morgan fingerprint density at radius 3 is 2.89 bits per heavy atom. The fraction of sp³-hybridized carbons (Fsp3) is 0.308. The Balaban J connectivity index is 2.26. The highest BCUT2D eigenvalue weighted by molar-refractivity contribution is 6.30. The Kier molecular flexibility index (Phi) is 3.99. The SMILES string of the molecule is CNC(Cc1cc(Cl)ccc1F)c1nccn1C. The van der Waals surface area contributed by atoms with Gasteiger partial charge >= 0.3 is 0 Å². The van der Waals surface area contributed by atoms with Gasteiger partial charge in [0.25, 0.3) is 0 Å². The third-order valence-electron chi connectivity index (χ3n) is 2.95. The fourth-order valence-electron chi connectivity index (χ4n) is 1.96. The predicted octanol–water partition coefficient (Wildman–Crippen LogP) is 2.72. The van der Waals surface area contributed by atoms with Crippen LogP contribution in [0.1, 0.15) is 17.4 Å². The van der Waals surface area contributed by atoms with Crippen LogP contribution in [0.5, 0.6) is 0 Å². The summed E-state index contributed by atoms with van der Waals surface area (Å²) < 4.78 is 15.6. The van der Waals surface area contributed by atoms with Crippen molar-refractivity contribution < 1.29 is 4.39 Å². The van der Waals surface area contributed by atoms with Crippen molar-refractivity contribution in [1.82, 2.24) is 14.9 Å². The van der Waals surface area contributed by atoms with E-state index in [2.05, 4.69) is 10.3 Å². The first-order chi connectivity index (χ1) is 8.61. The van der Waals surface area contributed by atoms with Gasteiger partial charge in [0.1, 0.15) is 11.6 Å². The number of nitrogens with one attached hydrogen (secondary N) is 1. The van der Waals surface area contributed by atoms with Crippen molar-refractivity contribution in [3.8, 4) is 0 Å². The number of hydrogen-bond acceptors (Lipinski definition) is 2. The molecule has 0 saturated carbocycles. The van der Waals surface area contributed by atoms with Crippen LogP contribution in [0.15, 0.2) is 30.6 Å². The van der Waals surface area contributed by atoms with Gasteiger partial charge < -0.3 is 9.88 Å². The van der Waals surface area contributed by atoms with Crippen molar-refractivity contribution in [2.75, 3.05) is 7.05 Å². The molecule has 0 saturated heterocycles. The number of imidazole rings is 1. The Morgan fingerprint density at radius 1 is 1.50 bits per heavy atom. The van der Waals surface area contributed by atoms with E-state index in [0.29, 0.717) is 17.0 Å². The molecular weight excluding hydrogens is 253 g/mol. The summed E-state index contributed by atoms with van der Waals surface area (Å²) in [5, 5.41) is 3.69. The third kappa shape index (κ3) is 2.71. The van der Waals surface area contributed by atoms with Gasteiger partial charge in [0.05, 0.1) is 6.04 Å². The van der Waals surface area contributed by atoms with Gasteiger partial charge in [-0.25, -0.2) is 9.37 Å². The quantitative estimate of drug-likeness (QED) is 0.923. The molecule has 2 rings (SSSR count). The molecular formula is C13H15ClFN3. The van der Waals surface area contributed by atoms with Crippen molar-refractivity contribution in [2.24, 2.45) is 7.05 Å². The Labute approximate surface area is 111 Å². The van der Waals surface area contributed by atoms with E-state index in [9.17, 15) is 4.39 Å². The first-order valence-electron chi connectivity index (χ1n) is 5.70. The van der Waals surface area contributed by atoms with Gasteiger partial charge in [-0.1, -0.05) is 11.6 Å². The summed E-state index contributed by atoms with van der Waals surface area (Å²) in [5.74, 6) is 0.630. The molecule has 3 nitrogen and oxygen atoms in total. The highest BCUT2D eigenvalue weighted by Crippen LogP contribution is 2.21. The number of aromatic nitrogens is 2. The molecule has 5 heteroatoms. The summed E-state index contributed by atoms with van der Waals surface area (Å²) in [7, 11) is 3.75. The molecule has 1 aromatic carbocycles. The minimum absolute atomic E-state index is 0.0435. The molecule has 1 atom stereocenters. The topological polar surface area (TPSA) is 29.9 Å². The molecule has 18 heavy (non-hydrogen) atoms. The molecule has 2 aromatic rings. The molecule has 1 aromatic heterocycles.